The lowest BCUT2D eigenvalue weighted by Crippen LogP contribution is -2.08. The molecule has 0 saturated heterocycles. The van der Waals surface area contributed by atoms with Crippen molar-refractivity contribution in [2.45, 2.75) is 32.2 Å². The van der Waals surface area contributed by atoms with Gasteiger partial charge in [-0.3, -0.25) is 10.1 Å². The van der Waals surface area contributed by atoms with Gasteiger partial charge >= 0.3 is 0 Å². The van der Waals surface area contributed by atoms with E-state index in [4.69, 9.17) is 0 Å². The molecule has 2 aromatic carbocycles. The highest BCUT2D eigenvalue weighted by Gasteiger charge is 2.12. The van der Waals surface area contributed by atoms with Crippen LogP contribution >= 0.6 is 0 Å². The van der Waals surface area contributed by atoms with E-state index >= 15 is 0 Å². The Bertz CT molecular complexity index is 668. The third kappa shape index (κ3) is 3.05. The number of nitro benzene ring substituents is 1. The molecule has 4 heteroatoms. The molecule has 0 aliphatic heterocycles. The number of nitro groups is 1. The Morgan fingerprint density at radius 3 is 2.76 bits per heavy atom. The van der Waals surface area contributed by atoms with Crippen LogP contribution in [0.25, 0.3) is 0 Å². The number of nitrogens with zero attached hydrogens (tertiary/aromatic N) is 1. The van der Waals surface area contributed by atoms with Gasteiger partial charge in [-0.05, 0) is 48.4 Å². The minimum atomic E-state index is -0.353. The Morgan fingerprint density at radius 2 is 1.90 bits per heavy atom. The van der Waals surface area contributed by atoms with Gasteiger partial charge in [-0.25, -0.2) is 0 Å². The van der Waals surface area contributed by atoms with Crippen LogP contribution in [-0.4, -0.2) is 4.92 Å². The number of benzene rings is 2. The molecule has 2 aromatic rings. The Hall–Kier alpha value is -2.36. The quantitative estimate of drug-likeness (QED) is 0.679. The van der Waals surface area contributed by atoms with E-state index in [1.807, 2.05) is 6.07 Å². The summed E-state index contributed by atoms with van der Waals surface area (Å²) in [7, 11) is 0. The van der Waals surface area contributed by atoms with Gasteiger partial charge in [0.1, 0.15) is 0 Å². The number of non-ortho nitro benzene ring substituents is 1. The van der Waals surface area contributed by atoms with E-state index in [1.54, 1.807) is 12.1 Å². The Balaban J connectivity index is 1.76. The molecule has 1 aliphatic carbocycles. The summed E-state index contributed by atoms with van der Waals surface area (Å²) in [5.41, 5.74) is 5.08. The van der Waals surface area contributed by atoms with Crippen molar-refractivity contribution in [1.82, 2.24) is 0 Å². The monoisotopic (exact) mass is 282 g/mol. The second-order valence-electron chi connectivity index (χ2n) is 5.43. The number of hydrogen-bond donors (Lipinski definition) is 1. The van der Waals surface area contributed by atoms with E-state index < -0.39 is 0 Å². The second-order valence-corrected chi connectivity index (χ2v) is 5.43. The van der Waals surface area contributed by atoms with Crippen LogP contribution in [0.2, 0.25) is 0 Å². The van der Waals surface area contributed by atoms with E-state index in [-0.39, 0.29) is 10.6 Å². The number of rotatable bonds is 4. The summed E-state index contributed by atoms with van der Waals surface area (Å²) in [5.74, 6) is 0. The third-order valence-electron chi connectivity index (χ3n) is 4.00. The summed E-state index contributed by atoms with van der Waals surface area (Å²) in [6.45, 7) is 0.609. The lowest BCUT2D eigenvalue weighted by Gasteiger charge is -2.20. The Labute approximate surface area is 124 Å². The zero-order valence-electron chi connectivity index (χ0n) is 11.8. The maximum atomic E-state index is 10.8. The molecule has 0 fully saturated rings. The third-order valence-corrected chi connectivity index (χ3v) is 4.00. The molecule has 3 rings (SSSR count). The molecule has 0 amide bonds. The molecule has 21 heavy (non-hydrogen) atoms. The maximum absolute atomic E-state index is 10.8. The molecular weight excluding hydrogens is 264 g/mol. The van der Waals surface area contributed by atoms with Crippen LogP contribution in [0, 0.1) is 10.1 Å². The standard InChI is InChI=1S/C17H18N2O2/c20-19(21)15-8-3-5-13(11-15)12-18-17-10-4-7-14-6-1-2-9-16(14)17/h3-5,7-8,10-11,18H,1-2,6,9,12H2. The largest absolute Gasteiger partial charge is 0.381 e. The second kappa shape index (κ2) is 5.95. The molecular formula is C17H18N2O2. The molecule has 0 unspecified atom stereocenters. The molecule has 1 aliphatic rings. The average Bonchev–Trinajstić information content (AvgIpc) is 2.53. The van der Waals surface area contributed by atoms with E-state index in [1.165, 1.54) is 35.7 Å². The number of hydrogen-bond acceptors (Lipinski definition) is 3. The lowest BCUT2D eigenvalue weighted by atomic mass is 9.90. The molecule has 108 valence electrons. The van der Waals surface area contributed by atoms with Crippen LogP contribution in [-0.2, 0) is 19.4 Å². The number of fused-ring (bicyclic) bond motifs is 1. The summed E-state index contributed by atoms with van der Waals surface area (Å²) < 4.78 is 0. The normalized spacial score (nSPS) is 13.5. The molecule has 0 radical (unpaired) electrons. The summed E-state index contributed by atoms with van der Waals surface area (Å²) >= 11 is 0. The fraction of sp³-hybridized carbons (Fsp3) is 0.294. The summed E-state index contributed by atoms with van der Waals surface area (Å²) in [4.78, 5) is 10.5. The van der Waals surface area contributed by atoms with Crippen LogP contribution in [0.15, 0.2) is 42.5 Å². The SMILES string of the molecule is O=[N+]([O-])c1cccc(CNc2cccc3c2CCCC3)c1. The minimum Gasteiger partial charge on any atom is -0.381 e. The fourth-order valence-electron chi connectivity index (χ4n) is 2.92. The van der Waals surface area contributed by atoms with Crippen molar-refractivity contribution < 1.29 is 4.92 Å². The van der Waals surface area contributed by atoms with Gasteiger partial charge < -0.3 is 5.32 Å². The Kier molecular flexibility index (Phi) is 3.86. The lowest BCUT2D eigenvalue weighted by molar-refractivity contribution is -0.384. The predicted molar refractivity (Wildman–Crippen MR) is 83.5 cm³/mol. The molecule has 4 nitrogen and oxygen atoms in total. The van der Waals surface area contributed by atoms with Gasteiger partial charge in [0.25, 0.3) is 5.69 Å². The highest BCUT2D eigenvalue weighted by molar-refractivity contribution is 5.56. The van der Waals surface area contributed by atoms with Gasteiger partial charge in [0.05, 0.1) is 4.92 Å². The van der Waals surface area contributed by atoms with Crippen molar-refractivity contribution in [3.8, 4) is 0 Å². The molecule has 0 aromatic heterocycles. The number of nitrogens with one attached hydrogen (secondary N) is 1. The predicted octanol–water partition coefficient (Wildman–Crippen LogP) is 4.09. The zero-order chi connectivity index (χ0) is 14.7. The molecule has 0 saturated carbocycles. The van der Waals surface area contributed by atoms with Crippen LogP contribution < -0.4 is 5.32 Å². The smallest absolute Gasteiger partial charge is 0.269 e. The fourth-order valence-corrected chi connectivity index (χ4v) is 2.92. The van der Waals surface area contributed by atoms with Gasteiger partial charge in [0.2, 0.25) is 0 Å². The van der Waals surface area contributed by atoms with E-state index in [0.717, 1.165) is 18.4 Å². The molecule has 1 N–H and O–H groups in total. The van der Waals surface area contributed by atoms with Crippen molar-refractivity contribution in [3.05, 3.63) is 69.3 Å². The van der Waals surface area contributed by atoms with Gasteiger partial charge in [-0.1, -0.05) is 24.3 Å². The molecule has 0 bridgehead atoms. The summed E-state index contributed by atoms with van der Waals surface area (Å²) in [6.07, 6.45) is 4.78. The highest BCUT2D eigenvalue weighted by atomic mass is 16.6. The number of aryl methyl sites for hydroxylation is 1. The van der Waals surface area contributed by atoms with Crippen LogP contribution in [0.1, 0.15) is 29.5 Å². The first-order valence-corrected chi connectivity index (χ1v) is 7.32. The summed E-state index contributed by atoms with van der Waals surface area (Å²) in [5, 5.41) is 14.2. The van der Waals surface area contributed by atoms with Crippen molar-refractivity contribution in [1.29, 1.82) is 0 Å². The van der Waals surface area contributed by atoms with Crippen molar-refractivity contribution in [2.75, 3.05) is 5.32 Å². The minimum absolute atomic E-state index is 0.143. The highest BCUT2D eigenvalue weighted by Crippen LogP contribution is 2.28. The van der Waals surface area contributed by atoms with Gasteiger partial charge in [-0.15, -0.1) is 0 Å². The van der Waals surface area contributed by atoms with Crippen LogP contribution in [0.5, 0.6) is 0 Å². The first kappa shape index (κ1) is 13.6. The molecule has 0 atom stereocenters. The zero-order valence-corrected chi connectivity index (χ0v) is 11.8. The molecule has 0 heterocycles. The van der Waals surface area contributed by atoms with E-state index in [2.05, 4.69) is 23.5 Å². The van der Waals surface area contributed by atoms with Gasteiger partial charge in [0.15, 0.2) is 0 Å². The van der Waals surface area contributed by atoms with E-state index in [9.17, 15) is 10.1 Å². The maximum Gasteiger partial charge on any atom is 0.269 e. The average molecular weight is 282 g/mol. The van der Waals surface area contributed by atoms with Crippen molar-refractivity contribution in [3.63, 3.8) is 0 Å². The van der Waals surface area contributed by atoms with Crippen molar-refractivity contribution in [2.24, 2.45) is 0 Å². The first-order valence-electron chi connectivity index (χ1n) is 7.32. The first-order chi connectivity index (χ1) is 10.2. The Morgan fingerprint density at radius 1 is 1.10 bits per heavy atom. The van der Waals surface area contributed by atoms with Crippen LogP contribution in [0.4, 0.5) is 11.4 Å². The topological polar surface area (TPSA) is 55.2 Å². The summed E-state index contributed by atoms with van der Waals surface area (Å²) in [6, 6.07) is 13.2. The van der Waals surface area contributed by atoms with Gasteiger partial charge in [0, 0.05) is 24.4 Å². The van der Waals surface area contributed by atoms with Crippen LogP contribution in [0.3, 0.4) is 0 Å². The van der Waals surface area contributed by atoms with Crippen molar-refractivity contribution >= 4 is 11.4 Å². The van der Waals surface area contributed by atoms with Gasteiger partial charge in [-0.2, -0.15) is 0 Å². The molecule has 0 spiro atoms. The van der Waals surface area contributed by atoms with E-state index in [0.29, 0.717) is 6.54 Å². The number of anilines is 1.